The van der Waals surface area contributed by atoms with Gasteiger partial charge in [0.05, 0.1) is 22.7 Å². The number of thiophene rings is 1. The maximum Gasteiger partial charge on any atom is 0.261 e. The Morgan fingerprint density at radius 3 is 2.56 bits per heavy atom. The molecule has 1 N–H and O–H groups in total. The lowest BCUT2D eigenvalue weighted by molar-refractivity contribution is 0.102. The third-order valence-corrected chi connectivity index (χ3v) is 6.22. The highest BCUT2D eigenvalue weighted by Gasteiger charge is 2.17. The summed E-state index contributed by atoms with van der Waals surface area (Å²) in [5, 5.41) is 7.10. The monoisotopic (exact) mass is 434 g/mol. The van der Waals surface area contributed by atoms with E-state index >= 15 is 0 Å². The second-order valence-electron chi connectivity index (χ2n) is 5.63. The van der Waals surface area contributed by atoms with E-state index in [1.807, 2.05) is 41.8 Å². The van der Waals surface area contributed by atoms with Crippen molar-refractivity contribution in [1.82, 2.24) is 4.98 Å². The molecule has 2 heterocycles. The van der Waals surface area contributed by atoms with Gasteiger partial charge < -0.3 is 4.74 Å². The Morgan fingerprint density at radius 2 is 1.89 bits per heavy atom. The smallest absolute Gasteiger partial charge is 0.261 e. The zero-order valence-corrected chi connectivity index (χ0v) is 17.1. The van der Waals surface area contributed by atoms with Gasteiger partial charge in [0, 0.05) is 10.9 Å². The number of hydrogen-bond donors (Lipinski definition) is 1. The van der Waals surface area contributed by atoms with E-state index in [4.69, 9.17) is 27.9 Å². The molecular weight excluding hydrogens is 423 g/mol. The molecule has 4 aromatic rings. The molecule has 4 nitrogen and oxygen atoms in total. The van der Waals surface area contributed by atoms with E-state index in [1.165, 1.54) is 22.7 Å². The normalized spacial score (nSPS) is 10.9. The minimum atomic E-state index is -0.284. The predicted molar refractivity (Wildman–Crippen MR) is 114 cm³/mol. The lowest BCUT2D eigenvalue weighted by Crippen LogP contribution is -2.13. The van der Waals surface area contributed by atoms with Crippen LogP contribution in [0.2, 0.25) is 8.67 Å². The largest absolute Gasteiger partial charge is 0.496 e. The van der Waals surface area contributed by atoms with Gasteiger partial charge in [-0.2, -0.15) is 0 Å². The van der Waals surface area contributed by atoms with E-state index in [9.17, 15) is 4.79 Å². The van der Waals surface area contributed by atoms with Crippen molar-refractivity contribution in [3.8, 4) is 17.0 Å². The number of nitrogens with zero attached hydrogens (tertiary/aromatic N) is 1. The number of carbonyl (C=O) groups excluding carboxylic acids is 1. The van der Waals surface area contributed by atoms with Gasteiger partial charge >= 0.3 is 0 Å². The van der Waals surface area contributed by atoms with Gasteiger partial charge in [0.2, 0.25) is 0 Å². The zero-order chi connectivity index (χ0) is 19.0. The summed E-state index contributed by atoms with van der Waals surface area (Å²) in [6.45, 7) is 0. The first-order valence-electron chi connectivity index (χ1n) is 7.84. The van der Waals surface area contributed by atoms with Crippen molar-refractivity contribution < 1.29 is 9.53 Å². The quantitative estimate of drug-likeness (QED) is 0.393. The van der Waals surface area contributed by atoms with Gasteiger partial charge in [-0.05, 0) is 29.0 Å². The molecule has 2 aromatic heterocycles. The molecule has 4 rings (SSSR count). The average Bonchev–Trinajstić information content (AvgIpc) is 3.26. The molecule has 0 saturated carbocycles. The van der Waals surface area contributed by atoms with Crippen molar-refractivity contribution >= 4 is 67.7 Å². The lowest BCUT2D eigenvalue weighted by Gasteiger charge is -2.10. The average molecular weight is 435 g/mol. The number of hydrogen-bond acceptors (Lipinski definition) is 5. The maximum absolute atomic E-state index is 12.8. The highest BCUT2D eigenvalue weighted by molar-refractivity contribution is 7.20. The van der Waals surface area contributed by atoms with Crippen molar-refractivity contribution in [2.75, 3.05) is 12.4 Å². The summed E-state index contributed by atoms with van der Waals surface area (Å²) in [5.74, 6) is 0.226. The molecule has 0 unspecified atom stereocenters. The number of anilines is 1. The minimum absolute atomic E-state index is 0.284. The first-order chi connectivity index (χ1) is 13.0. The van der Waals surface area contributed by atoms with Crippen LogP contribution in [0.1, 0.15) is 10.4 Å². The van der Waals surface area contributed by atoms with Gasteiger partial charge in [-0.3, -0.25) is 10.1 Å². The number of aromatic nitrogens is 1. The molecule has 0 aliphatic carbocycles. The second kappa shape index (κ2) is 7.48. The summed E-state index contributed by atoms with van der Waals surface area (Å²) in [6.07, 6.45) is 0. The van der Waals surface area contributed by atoms with Crippen LogP contribution >= 0.6 is 45.9 Å². The van der Waals surface area contributed by atoms with Crippen LogP contribution < -0.4 is 10.1 Å². The van der Waals surface area contributed by atoms with Crippen molar-refractivity contribution in [3.05, 3.63) is 62.1 Å². The molecular formula is C19H12Cl2N2O2S2. The van der Waals surface area contributed by atoms with Crippen molar-refractivity contribution in [2.24, 2.45) is 0 Å². The number of amides is 1. The molecule has 0 aliphatic heterocycles. The van der Waals surface area contributed by atoms with E-state index < -0.39 is 0 Å². The molecule has 0 fully saturated rings. The fourth-order valence-corrected chi connectivity index (χ4v) is 4.89. The van der Waals surface area contributed by atoms with Crippen LogP contribution in [0.5, 0.6) is 5.75 Å². The Hall–Kier alpha value is -2.12. The minimum Gasteiger partial charge on any atom is -0.496 e. The van der Waals surface area contributed by atoms with E-state index in [0.29, 0.717) is 30.8 Å². The van der Waals surface area contributed by atoms with Crippen molar-refractivity contribution in [2.45, 2.75) is 0 Å². The number of nitrogens with one attached hydrogen (secondary N) is 1. The number of rotatable bonds is 4. The molecule has 27 heavy (non-hydrogen) atoms. The van der Waals surface area contributed by atoms with Crippen LogP contribution in [0.3, 0.4) is 0 Å². The highest BCUT2D eigenvalue weighted by Crippen LogP contribution is 2.39. The van der Waals surface area contributed by atoms with Crippen LogP contribution in [0, 0.1) is 0 Å². The Kier molecular flexibility index (Phi) is 5.06. The Balaban J connectivity index is 1.63. The third-order valence-electron chi connectivity index (χ3n) is 3.97. The summed E-state index contributed by atoms with van der Waals surface area (Å²) in [7, 11) is 1.55. The van der Waals surface area contributed by atoms with Gasteiger partial charge in [0.15, 0.2) is 5.13 Å². The summed E-state index contributed by atoms with van der Waals surface area (Å²) >= 11 is 14.8. The van der Waals surface area contributed by atoms with Crippen LogP contribution in [0.25, 0.3) is 22.0 Å². The number of methoxy groups -OCH3 is 1. The fourth-order valence-electron chi connectivity index (χ4n) is 2.70. The topological polar surface area (TPSA) is 51.2 Å². The van der Waals surface area contributed by atoms with Crippen LogP contribution in [-0.4, -0.2) is 18.0 Å². The lowest BCUT2D eigenvalue weighted by atomic mass is 10.1. The summed E-state index contributed by atoms with van der Waals surface area (Å²) in [5.41, 5.74) is 1.88. The van der Waals surface area contributed by atoms with Gasteiger partial charge in [-0.1, -0.05) is 47.5 Å². The van der Waals surface area contributed by atoms with E-state index in [1.54, 1.807) is 13.2 Å². The van der Waals surface area contributed by atoms with Crippen molar-refractivity contribution in [1.29, 1.82) is 0 Å². The molecule has 0 radical (unpaired) electrons. The molecule has 0 atom stereocenters. The van der Waals surface area contributed by atoms with Crippen LogP contribution in [0.15, 0.2) is 47.8 Å². The standard InChI is InChI=1S/C19H12Cl2N2O2S2/c1-25-15-7-11-5-3-2-4-10(11)6-13(15)18(24)23-19-22-14(9-26-19)12-8-16(20)27-17(12)21/h2-9H,1H3,(H,22,23,24). The predicted octanol–water partition coefficient (Wildman–Crippen LogP) is 6.59. The van der Waals surface area contributed by atoms with E-state index in [0.717, 1.165) is 16.3 Å². The number of fused-ring (bicyclic) bond motifs is 1. The van der Waals surface area contributed by atoms with Crippen molar-refractivity contribution in [3.63, 3.8) is 0 Å². The molecule has 8 heteroatoms. The summed E-state index contributed by atoms with van der Waals surface area (Å²) in [4.78, 5) is 17.2. The Morgan fingerprint density at radius 1 is 1.15 bits per heavy atom. The highest BCUT2D eigenvalue weighted by atomic mass is 35.5. The number of carbonyl (C=O) groups is 1. The second-order valence-corrected chi connectivity index (χ2v) is 8.77. The Bertz CT molecular complexity index is 1150. The van der Waals surface area contributed by atoms with Gasteiger partial charge in [-0.25, -0.2) is 4.98 Å². The zero-order valence-electron chi connectivity index (χ0n) is 14.0. The number of thiazole rings is 1. The number of benzene rings is 2. The van der Waals surface area contributed by atoms with Crippen LogP contribution in [0.4, 0.5) is 5.13 Å². The van der Waals surface area contributed by atoms with Crippen LogP contribution in [-0.2, 0) is 0 Å². The summed E-state index contributed by atoms with van der Waals surface area (Å²) in [6, 6.07) is 13.2. The van der Waals surface area contributed by atoms with E-state index in [2.05, 4.69) is 10.3 Å². The first kappa shape index (κ1) is 18.3. The van der Waals surface area contributed by atoms with Gasteiger partial charge in [0.25, 0.3) is 5.91 Å². The molecule has 0 aliphatic rings. The molecule has 0 spiro atoms. The molecule has 0 bridgehead atoms. The fraction of sp³-hybridized carbons (Fsp3) is 0.0526. The SMILES string of the molecule is COc1cc2ccccc2cc1C(=O)Nc1nc(-c2cc(Cl)sc2Cl)cs1. The Labute approximate surface area is 173 Å². The number of halogens is 2. The summed E-state index contributed by atoms with van der Waals surface area (Å²) < 4.78 is 6.56. The van der Waals surface area contributed by atoms with E-state index in [-0.39, 0.29) is 5.91 Å². The maximum atomic E-state index is 12.8. The molecule has 1 amide bonds. The molecule has 136 valence electrons. The third kappa shape index (κ3) is 3.66. The van der Waals surface area contributed by atoms with Gasteiger partial charge in [0.1, 0.15) is 10.1 Å². The van der Waals surface area contributed by atoms with Gasteiger partial charge in [-0.15, -0.1) is 22.7 Å². The molecule has 2 aromatic carbocycles. The molecule has 0 saturated heterocycles. The first-order valence-corrected chi connectivity index (χ1v) is 10.3. The number of ether oxygens (including phenoxy) is 1.